The second kappa shape index (κ2) is 4.62. The molecule has 3 heteroatoms. The number of aliphatic hydroxyl groups is 1. The van der Waals surface area contributed by atoms with Gasteiger partial charge >= 0.3 is 0 Å². The lowest BCUT2D eigenvalue weighted by atomic mass is 10.0. The summed E-state index contributed by atoms with van der Waals surface area (Å²) in [6, 6.07) is 7.98. The Hall–Kier alpha value is -1.53. The number of hydrogen-bond donors (Lipinski definition) is 1. The maximum atomic E-state index is 9.24. The molecule has 1 heterocycles. The van der Waals surface area contributed by atoms with Crippen LogP contribution in [-0.2, 0) is 6.61 Å². The van der Waals surface area contributed by atoms with Crippen molar-refractivity contribution >= 4 is 5.69 Å². The standard InChI is InChI=1S/C15H18N2O/c16-7-14-6-11(10-18)4-5-15(14)17-8-12-2-1-3-13(12)9-17/h4-6,12-13,18H,1-3,8-10H2. The van der Waals surface area contributed by atoms with Crippen molar-refractivity contribution in [2.24, 2.45) is 11.8 Å². The summed E-state index contributed by atoms with van der Waals surface area (Å²) in [7, 11) is 0. The van der Waals surface area contributed by atoms with Crippen molar-refractivity contribution in [3.8, 4) is 6.07 Å². The molecule has 3 rings (SSSR count). The summed E-state index contributed by atoms with van der Waals surface area (Å²) in [4.78, 5) is 2.36. The fraction of sp³-hybridized carbons (Fsp3) is 0.533. The summed E-state index contributed by atoms with van der Waals surface area (Å²) in [6.45, 7) is 2.19. The van der Waals surface area contributed by atoms with Crippen molar-refractivity contribution in [2.45, 2.75) is 25.9 Å². The zero-order valence-corrected chi connectivity index (χ0v) is 10.5. The Morgan fingerprint density at radius 3 is 2.61 bits per heavy atom. The van der Waals surface area contributed by atoms with Gasteiger partial charge in [0, 0.05) is 13.1 Å². The van der Waals surface area contributed by atoms with Crippen LogP contribution in [0.4, 0.5) is 5.69 Å². The van der Waals surface area contributed by atoms with Crippen LogP contribution in [0, 0.1) is 23.2 Å². The van der Waals surface area contributed by atoms with Crippen molar-refractivity contribution in [2.75, 3.05) is 18.0 Å². The van der Waals surface area contributed by atoms with Crippen molar-refractivity contribution in [3.63, 3.8) is 0 Å². The average molecular weight is 242 g/mol. The van der Waals surface area contributed by atoms with E-state index in [2.05, 4.69) is 11.0 Å². The molecule has 0 bridgehead atoms. The Morgan fingerprint density at radius 1 is 1.28 bits per heavy atom. The van der Waals surface area contributed by atoms with E-state index < -0.39 is 0 Å². The summed E-state index contributed by atoms with van der Waals surface area (Å²) in [5.74, 6) is 1.66. The molecule has 2 fully saturated rings. The lowest BCUT2D eigenvalue weighted by molar-refractivity contribution is 0.282. The summed E-state index contributed by atoms with van der Waals surface area (Å²) in [5, 5.41) is 18.4. The molecule has 2 atom stereocenters. The number of anilines is 1. The van der Waals surface area contributed by atoms with Gasteiger partial charge in [-0.2, -0.15) is 5.26 Å². The fourth-order valence-electron chi connectivity index (χ4n) is 3.48. The smallest absolute Gasteiger partial charge is 0.101 e. The van der Waals surface area contributed by atoms with Crippen molar-refractivity contribution in [1.82, 2.24) is 0 Å². The van der Waals surface area contributed by atoms with Crippen molar-refractivity contribution in [1.29, 1.82) is 5.26 Å². The van der Waals surface area contributed by atoms with Gasteiger partial charge in [0.1, 0.15) is 6.07 Å². The molecular weight excluding hydrogens is 224 g/mol. The van der Waals surface area contributed by atoms with Gasteiger partial charge in [0.2, 0.25) is 0 Å². The molecule has 1 saturated carbocycles. The molecule has 1 aromatic rings. The largest absolute Gasteiger partial charge is 0.392 e. The fourth-order valence-corrected chi connectivity index (χ4v) is 3.48. The van der Waals surface area contributed by atoms with E-state index in [-0.39, 0.29) is 6.61 Å². The SMILES string of the molecule is N#Cc1cc(CO)ccc1N1CC2CCCC2C1. The molecule has 3 nitrogen and oxygen atoms in total. The van der Waals surface area contributed by atoms with Gasteiger partial charge in [-0.15, -0.1) is 0 Å². The van der Waals surface area contributed by atoms with Gasteiger partial charge in [-0.1, -0.05) is 12.5 Å². The average Bonchev–Trinajstić information content (AvgIpc) is 2.98. The van der Waals surface area contributed by atoms with Crippen molar-refractivity contribution < 1.29 is 5.11 Å². The van der Waals surface area contributed by atoms with Gasteiger partial charge in [-0.05, 0) is 42.4 Å². The predicted octanol–water partition coefficient (Wildman–Crippen LogP) is 2.29. The van der Waals surface area contributed by atoms with Crippen LogP contribution >= 0.6 is 0 Å². The molecule has 0 aromatic heterocycles. The number of fused-ring (bicyclic) bond motifs is 1. The molecule has 2 aliphatic rings. The first-order chi connectivity index (χ1) is 8.81. The summed E-state index contributed by atoms with van der Waals surface area (Å²) in [6.07, 6.45) is 4.06. The zero-order chi connectivity index (χ0) is 12.5. The van der Waals surface area contributed by atoms with E-state index in [9.17, 15) is 5.26 Å². The van der Waals surface area contributed by atoms with Crippen LogP contribution in [0.3, 0.4) is 0 Å². The second-order valence-electron chi connectivity index (χ2n) is 5.48. The Labute approximate surface area is 108 Å². The van der Waals surface area contributed by atoms with E-state index in [4.69, 9.17) is 5.11 Å². The van der Waals surface area contributed by atoms with Crippen LogP contribution in [0.1, 0.15) is 30.4 Å². The minimum atomic E-state index is 0.000208. The third-order valence-electron chi connectivity index (χ3n) is 4.43. The number of nitrogens with zero attached hydrogens (tertiary/aromatic N) is 2. The Kier molecular flexibility index (Phi) is 2.97. The molecule has 1 saturated heterocycles. The highest BCUT2D eigenvalue weighted by atomic mass is 16.3. The van der Waals surface area contributed by atoms with Crippen LogP contribution in [0.2, 0.25) is 0 Å². The number of benzene rings is 1. The van der Waals surface area contributed by atoms with E-state index in [0.717, 1.165) is 36.2 Å². The molecule has 1 N–H and O–H groups in total. The van der Waals surface area contributed by atoms with E-state index in [0.29, 0.717) is 5.56 Å². The second-order valence-corrected chi connectivity index (χ2v) is 5.48. The first-order valence-corrected chi connectivity index (χ1v) is 6.70. The third-order valence-corrected chi connectivity index (χ3v) is 4.43. The lowest BCUT2D eigenvalue weighted by Crippen LogP contribution is -2.21. The van der Waals surface area contributed by atoms with E-state index in [1.54, 1.807) is 0 Å². The quantitative estimate of drug-likeness (QED) is 0.865. The molecule has 1 aromatic carbocycles. The van der Waals surface area contributed by atoms with E-state index in [1.807, 2.05) is 18.2 Å². The van der Waals surface area contributed by atoms with Gasteiger partial charge < -0.3 is 10.0 Å². The highest BCUT2D eigenvalue weighted by molar-refractivity contribution is 5.61. The van der Waals surface area contributed by atoms with Gasteiger partial charge in [-0.3, -0.25) is 0 Å². The van der Waals surface area contributed by atoms with Gasteiger partial charge in [0.05, 0.1) is 17.9 Å². The van der Waals surface area contributed by atoms with Crippen LogP contribution < -0.4 is 4.90 Å². The lowest BCUT2D eigenvalue weighted by Gasteiger charge is -2.21. The first-order valence-electron chi connectivity index (χ1n) is 6.70. The van der Waals surface area contributed by atoms with Crippen LogP contribution in [0.15, 0.2) is 18.2 Å². The molecule has 2 unspecified atom stereocenters. The summed E-state index contributed by atoms with van der Waals surface area (Å²) < 4.78 is 0. The summed E-state index contributed by atoms with van der Waals surface area (Å²) >= 11 is 0. The highest BCUT2D eigenvalue weighted by Crippen LogP contribution is 2.40. The van der Waals surface area contributed by atoms with Crippen LogP contribution in [-0.4, -0.2) is 18.2 Å². The van der Waals surface area contributed by atoms with Crippen LogP contribution in [0.5, 0.6) is 0 Å². The molecule has 0 spiro atoms. The Morgan fingerprint density at radius 2 is 2.00 bits per heavy atom. The first kappa shape index (κ1) is 11.6. The van der Waals surface area contributed by atoms with Crippen LogP contribution in [0.25, 0.3) is 0 Å². The molecule has 0 amide bonds. The molecule has 1 aliphatic heterocycles. The van der Waals surface area contributed by atoms with Crippen molar-refractivity contribution in [3.05, 3.63) is 29.3 Å². The molecule has 1 aliphatic carbocycles. The monoisotopic (exact) mass is 242 g/mol. The third kappa shape index (κ3) is 1.87. The molecular formula is C15H18N2O. The highest BCUT2D eigenvalue weighted by Gasteiger charge is 2.36. The molecule has 94 valence electrons. The summed E-state index contributed by atoms with van der Waals surface area (Å²) in [5.41, 5.74) is 2.56. The van der Waals surface area contributed by atoms with E-state index in [1.165, 1.54) is 19.3 Å². The number of hydrogen-bond acceptors (Lipinski definition) is 3. The van der Waals surface area contributed by atoms with Gasteiger partial charge in [0.15, 0.2) is 0 Å². The maximum absolute atomic E-state index is 9.24. The normalized spacial score (nSPS) is 26.1. The zero-order valence-electron chi connectivity index (χ0n) is 10.5. The predicted molar refractivity (Wildman–Crippen MR) is 70.1 cm³/mol. The van der Waals surface area contributed by atoms with Gasteiger partial charge in [0.25, 0.3) is 0 Å². The number of nitriles is 1. The van der Waals surface area contributed by atoms with E-state index >= 15 is 0 Å². The minimum Gasteiger partial charge on any atom is -0.392 e. The maximum Gasteiger partial charge on any atom is 0.101 e. The Balaban J connectivity index is 1.87. The minimum absolute atomic E-state index is 0.000208. The van der Waals surface area contributed by atoms with Gasteiger partial charge in [-0.25, -0.2) is 0 Å². The molecule has 18 heavy (non-hydrogen) atoms. The Bertz CT molecular complexity index is 480. The topological polar surface area (TPSA) is 47.3 Å². The number of rotatable bonds is 2. The number of aliphatic hydroxyl groups excluding tert-OH is 1. The molecule has 0 radical (unpaired) electrons.